The summed E-state index contributed by atoms with van der Waals surface area (Å²) in [6, 6.07) is 11.0. The van der Waals surface area contributed by atoms with E-state index in [4.69, 9.17) is 27.7 Å². The van der Waals surface area contributed by atoms with Gasteiger partial charge >= 0.3 is 0 Å². The van der Waals surface area contributed by atoms with Crippen molar-refractivity contribution in [1.82, 2.24) is 25.8 Å². The van der Waals surface area contributed by atoms with E-state index in [0.717, 1.165) is 17.5 Å². The normalized spacial score (nSPS) is 11.4. The van der Waals surface area contributed by atoms with E-state index in [1.165, 1.54) is 0 Å². The van der Waals surface area contributed by atoms with Gasteiger partial charge in [-0.3, -0.25) is 4.99 Å². The first-order chi connectivity index (χ1) is 13.1. The van der Waals surface area contributed by atoms with Gasteiger partial charge in [0.2, 0.25) is 11.7 Å². The van der Waals surface area contributed by atoms with Gasteiger partial charge in [-0.2, -0.15) is 4.98 Å². The maximum Gasteiger partial charge on any atom is 0.246 e. The molecule has 0 aliphatic carbocycles. The van der Waals surface area contributed by atoms with E-state index in [0.29, 0.717) is 40.9 Å². The molecule has 0 atom stereocenters. The molecule has 1 aromatic carbocycles. The Morgan fingerprint density at radius 1 is 1.19 bits per heavy atom. The van der Waals surface area contributed by atoms with Gasteiger partial charge in [-0.1, -0.05) is 46.6 Å². The first-order valence-corrected chi connectivity index (χ1v) is 9.03. The van der Waals surface area contributed by atoms with Crippen LogP contribution >= 0.6 is 23.2 Å². The number of nitrogens with zero attached hydrogens (tertiary/aromatic N) is 4. The standard InChI is InChI=1S/C18H18Cl2N6O/c1-21-18(22-8-7-12-5-6-15(20)23-10-12)24-11-16-25-17(26-27-16)13-3-2-4-14(19)9-13/h2-6,9-10H,7-8,11H2,1H3,(H2,21,22,24). The van der Waals surface area contributed by atoms with Crippen LogP contribution in [0.3, 0.4) is 0 Å². The molecule has 0 bridgehead atoms. The average Bonchev–Trinajstić information content (AvgIpc) is 3.15. The molecule has 0 aliphatic heterocycles. The third-order valence-electron chi connectivity index (χ3n) is 3.68. The summed E-state index contributed by atoms with van der Waals surface area (Å²) >= 11 is 11.8. The fourth-order valence-electron chi connectivity index (χ4n) is 2.33. The number of aliphatic imine (C=N–C) groups is 1. The fourth-order valence-corrected chi connectivity index (χ4v) is 2.63. The molecule has 140 valence electrons. The van der Waals surface area contributed by atoms with Crippen LogP contribution in [0.25, 0.3) is 11.4 Å². The number of hydrogen-bond acceptors (Lipinski definition) is 5. The lowest BCUT2D eigenvalue weighted by molar-refractivity contribution is 0.375. The Labute approximate surface area is 166 Å². The number of rotatable bonds is 6. The molecule has 9 heteroatoms. The van der Waals surface area contributed by atoms with Gasteiger partial charge in [0, 0.05) is 30.4 Å². The Morgan fingerprint density at radius 2 is 2.07 bits per heavy atom. The number of hydrogen-bond donors (Lipinski definition) is 2. The molecule has 27 heavy (non-hydrogen) atoms. The van der Waals surface area contributed by atoms with Gasteiger partial charge in [0.25, 0.3) is 0 Å². The van der Waals surface area contributed by atoms with Crippen LogP contribution < -0.4 is 10.6 Å². The summed E-state index contributed by atoms with van der Waals surface area (Å²) in [5.74, 6) is 1.58. The number of benzene rings is 1. The Hall–Kier alpha value is -2.64. The first kappa shape index (κ1) is 19.1. The van der Waals surface area contributed by atoms with Crippen LogP contribution in [0.4, 0.5) is 0 Å². The highest BCUT2D eigenvalue weighted by Gasteiger charge is 2.09. The average molecular weight is 405 g/mol. The molecular formula is C18H18Cl2N6O. The maximum atomic E-state index is 5.99. The minimum Gasteiger partial charge on any atom is -0.356 e. The number of pyridine rings is 1. The SMILES string of the molecule is CN=C(NCCc1ccc(Cl)nc1)NCc1nc(-c2cccc(Cl)c2)no1. The van der Waals surface area contributed by atoms with Crippen molar-refractivity contribution in [3.63, 3.8) is 0 Å². The molecule has 2 heterocycles. The molecule has 0 fully saturated rings. The number of halogens is 2. The topological polar surface area (TPSA) is 88.2 Å². The van der Waals surface area contributed by atoms with E-state index in [1.807, 2.05) is 18.2 Å². The lowest BCUT2D eigenvalue weighted by atomic mass is 10.2. The van der Waals surface area contributed by atoms with Crippen molar-refractivity contribution < 1.29 is 4.52 Å². The van der Waals surface area contributed by atoms with Crippen molar-refractivity contribution in [2.45, 2.75) is 13.0 Å². The van der Waals surface area contributed by atoms with Crippen LogP contribution in [-0.4, -0.2) is 34.7 Å². The van der Waals surface area contributed by atoms with Gasteiger partial charge in [-0.15, -0.1) is 0 Å². The Balaban J connectivity index is 1.49. The van der Waals surface area contributed by atoms with Crippen LogP contribution in [0.2, 0.25) is 10.2 Å². The largest absolute Gasteiger partial charge is 0.356 e. The highest BCUT2D eigenvalue weighted by atomic mass is 35.5. The Morgan fingerprint density at radius 3 is 2.81 bits per heavy atom. The van der Waals surface area contributed by atoms with Crippen LogP contribution in [0.15, 0.2) is 52.1 Å². The van der Waals surface area contributed by atoms with Crippen molar-refractivity contribution in [3.05, 3.63) is 64.2 Å². The molecule has 0 aliphatic rings. The Bertz CT molecular complexity index is 910. The highest BCUT2D eigenvalue weighted by molar-refractivity contribution is 6.30. The van der Waals surface area contributed by atoms with Gasteiger partial charge in [0.15, 0.2) is 5.96 Å². The third kappa shape index (κ3) is 5.67. The lowest BCUT2D eigenvalue weighted by Gasteiger charge is -2.10. The van der Waals surface area contributed by atoms with Crippen molar-refractivity contribution in [2.24, 2.45) is 4.99 Å². The summed E-state index contributed by atoms with van der Waals surface area (Å²) in [4.78, 5) is 12.6. The van der Waals surface area contributed by atoms with E-state index in [1.54, 1.807) is 31.4 Å². The second-order valence-electron chi connectivity index (χ2n) is 5.61. The minimum atomic E-state index is 0.357. The predicted octanol–water partition coefficient (Wildman–Crippen LogP) is 3.35. The lowest BCUT2D eigenvalue weighted by Crippen LogP contribution is -2.37. The highest BCUT2D eigenvalue weighted by Crippen LogP contribution is 2.19. The van der Waals surface area contributed by atoms with Gasteiger partial charge < -0.3 is 15.2 Å². The molecule has 3 aromatic rings. The number of aromatic nitrogens is 3. The minimum absolute atomic E-state index is 0.357. The molecule has 0 radical (unpaired) electrons. The van der Waals surface area contributed by atoms with Crippen molar-refractivity contribution in [2.75, 3.05) is 13.6 Å². The van der Waals surface area contributed by atoms with Crippen LogP contribution in [0, 0.1) is 0 Å². The summed E-state index contributed by atoms with van der Waals surface area (Å²) in [6.45, 7) is 1.05. The molecule has 0 saturated heterocycles. The summed E-state index contributed by atoms with van der Waals surface area (Å²) in [6.07, 6.45) is 2.56. The smallest absolute Gasteiger partial charge is 0.246 e. The molecule has 0 amide bonds. The zero-order valence-electron chi connectivity index (χ0n) is 14.6. The van der Waals surface area contributed by atoms with Crippen molar-refractivity contribution in [1.29, 1.82) is 0 Å². The second kappa shape index (κ2) is 9.34. The zero-order valence-corrected chi connectivity index (χ0v) is 16.1. The van der Waals surface area contributed by atoms with Crippen molar-refractivity contribution >= 4 is 29.2 Å². The second-order valence-corrected chi connectivity index (χ2v) is 6.44. The predicted molar refractivity (Wildman–Crippen MR) is 106 cm³/mol. The summed E-state index contributed by atoms with van der Waals surface area (Å²) in [7, 11) is 1.70. The Kier molecular flexibility index (Phi) is 6.62. The van der Waals surface area contributed by atoms with E-state index < -0.39 is 0 Å². The van der Waals surface area contributed by atoms with Crippen LogP contribution in [-0.2, 0) is 13.0 Å². The van der Waals surface area contributed by atoms with E-state index in [-0.39, 0.29) is 0 Å². The molecule has 7 nitrogen and oxygen atoms in total. The monoisotopic (exact) mass is 404 g/mol. The first-order valence-electron chi connectivity index (χ1n) is 8.27. The zero-order chi connectivity index (χ0) is 19.1. The summed E-state index contributed by atoms with van der Waals surface area (Å²) in [5, 5.41) is 11.4. The van der Waals surface area contributed by atoms with E-state index >= 15 is 0 Å². The molecule has 3 rings (SSSR count). The van der Waals surface area contributed by atoms with Crippen LogP contribution in [0.5, 0.6) is 0 Å². The van der Waals surface area contributed by atoms with Gasteiger partial charge in [0.05, 0.1) is 6.54 Å². The van der Waals surface area contributed by atoms with Crippen molar-refractivity contribution in [3.8, 4) is 11.4 Å². The van der Waals surface area contributed by atoms with Gasteiger partial charge in [0.1, 0.15) is 5.15 Å². The molecule has 2 N–H and O–H groups in total. The van der Waals surface area contributed by atoms with Gasteiger partial charge in [-0.05, 0) is 30.2 Å². The molecular weight excluding hydrogens is 387 g/mol. The number of nitrogens with one attached hydrogen (secondary N) is 2. The fraction of sp³-hybridized carbons (Fsp3) is 0.222. The summed E-state index contributed by atoms with van der Waals surface area (Å²) < 4.78 is 5.27. The van der Waals surface area contributed by atoms with E-state index in [9.17, 15) is 0 Å². The molecule has 2 aromatic heterocycles. The number of guanidine groups is 1. The quantitative estimate of drug-likeness (QED) is 0.372. The summed E-state index contributed by atoms with van der Waals surface area (Å²) in [5.41, 5.74) is 1.89. The maximum absolute atomic E-state index is 5.99. The van der Waals surface area contributed by atoms with E-state index in [2.05, 4.69) is 30.8 Å². The van der Waals surface area contributed by atoms with Gasteiger partial charge in [-0.25, -0.2) is 4.98 Å². The molecule has 0 saturated carbocycles. The molecule has 0 unspecified atom stereocenters. The van der Waals surface area contributed by atoms with Crippen LogP contribution in [0.1, 0.15) is 11.5 Å². The third-order valence-corrected chi connectivity index (χ3v) is 4.14. The molecule has 0 spiro atoms.